The molecule has 1 aliphatic rings. The maximum Gasteiger partial charge on any atom is 0.224 e. The summed E-state index contributed by atoms with van der Waals surface area (Å²) >= 11 is 0. The molecule has 9 heavy (non-hydrogen) atoms. The van der Waals surface area contributed by atoms with Crippen LogP contribution in [0.4, 0.5) is 0 Å². The molecule has 1 amide bonds. The third-order valence-corrected chi connectivity index (χ3v) is 1.69. The first-order valence-electron chi connectivity index (χ1n) is 3.25. The Morgan fingerprint density at radius 3 is 2.78 bits per heavy atom. The Morgan fingerprint density at radius 1 is 1.89 bits per heavy atom. The summed E-state index contributed by atoms with van der Waals surface area (Å²) in [5.74, 6) is 0.243. The molecule has 0 spiro atoms. The number of likely N-dealkylation sites (tertiary alicyclic amines) is 1. The number of carbonyl (C=O) groups excluding carboxylic acids is 1. The van der Waals surface area contributed by atoms with Gasteiger partial charge in [-0.15, -0.1) is 0 Å². The normalized spacial score (nSPS) is 26.2. The average molecular weight is 128 g/mol. The molecular formula is C6H12N2O. The highest BCUT2D eigenvalue weighted by Crippen LogP contribution is 2.16. The molecule has 1 heterocycles. The molecule has 1 rings (SSSR count). The van der Waals surface area contributed by atoms with Gasteiger partial charge in [0, 0.05) is 25.6 Å². The van der Waals surface area contributed by atoms with Gasteiger partial charge in [-0.3, -0.25) is 4.79 Å². The van der Waals surface area contributed by atoms with E-state index in [-0.39, 0.29) is 5.91 Å². The number of carbonyl (C=O) groups is 1. The minimum atomic E-state index is 0.243. The van der Waals surface area contributed by atoms with E-state index in [1.807, 2.05) is 6.92 Å². The van der Waals surface area contributed by atoms with Crippen molar-refractivity contribution in [1.82, 2.24) is 4.90 Å². The van der Waals surface area contributed by atoms with Crippen molar-refractivity contribution in [3.05, 3.63) is 0 Å². The van der Waals surface area contributed by atoms with Gasteiger partial charge in [0.15, 0.2) is 0 Å². The summed E-state index contributed by atoms with van der Waals surface area (Å²) in [6, 6.07) is 0.432. The van der Waals surface area contributed by atoms with Crippen LogP contribution in [0.2, 0.25) is 0 Å². The Hall–Kier alpha value is -0.570. The van der Waals surface area contributed by atoms with Crippen LogP contribution < -0.4 is 5.73 Å². The van der Waals surface area contributed by atoms with Crippen molar-refractivity contribution in [2.24, 2.45) is 5.73 Å². The predicted molar refractivity (Wildman–Crippen MR) is 34.8 cm³/mol. The predicted octanol–water partition coefficient (Wildman–Crippen LogP) is -0.434. The summed E-state index contributed by atoms with van der Waals surface area (Å²) in [5, 5.41) is 0. The Kier molecular flexibility index (Phi) is 1.71. The lowest BCUT2D eigenvalue weighted by atomic mass is 10.1. The maximum absolute atomic E-state index is 10.7. The second kappa shape index (κ2) is 2.35. The molecule has 0 aliphatic carbocycles. The molecule has 52 valence electrons. The second-order valence-corrected chi connectivity index (χ2v) is 2.43. The van der Waals surface area contributed by atoms with Crippen LogP contribution in [0.25, 0.3) is 0 Å². The van der Waals surface area contributed by atoms with Crippen molar-refractivity contribution < 1.29 is 4.79 Å². The van der Waals surface area contributed by atoms with E-state index in [0.29, 0.717) is 19.0 Å². The maximum atomic E-state index is 10.7. The molecule has 3 heteroatoms. The van der Waals surface area contributed by atoms with Crippen LogP contribution in [0.3, 0.4) is 0 Å². The second-order valence-electron chi connectivity index (χ2n) is 2.43. The largest absolute Gasteiger partial charge is 0.338 e. The number of β-lactam (4-membered cyclic amide) rings is 1. The van der Waals surface area contributed by atoms with Gasteiger partial charge < -0.3 is 10.6 Å². The number of hydrogen-bond donors (Lipinski definition) is 1. The lowest BCUT2D eigenvalue weighted by Crippen LogP contribution is -2.52. The summed E-state index contributed by atoms with van der Waals surface area (Å²) in [6.07, 6.45) is 0.708. The van der Waals surface area contributed by atoms with Gasteiger partial charge in [0.2, 0.25) is 5.91 Å². The molecule has 2 N–H and O–H groups in total. The molecule has 1 saturated heterocycles. The van der Waals surface area contributed by atoms with E-state index in [1.165, 1.54) is 0 Å². The Balaban J connectivity index is 2.30. The van der Waals surface area contributed by atoms with Gasteiger partial charge >= 0.3 is 0 Å². The van der Waals surface area contributed by atoms with Crippen molar-refractivity contribution in [2.75, 3.05) is 13.1 Å². The highest BCUT2D eigenvalue weighted by molar-refractivity contribution is 5.82. The topological polar surface area (TPSA) is 46.3 Å². The van der Waals surface area contributed by atoms with Crippen LogP contribution in [0.15, 0.2) is 0 Å². The Labute approximate surface area is 54.8 Å². The minimum absolute atomic E-state index is 0.243. The molecule has 0 aromatic heterocycles. The van der Waals surface area contributed by atoms with Gasteiger partial charge in [-0.05, 0) is 6.92 Å². The standard InChI is InChI=1S/C6H12N2O/c1-5-4-6(9)8(5)3-2-7/h5H,2-4,7H2,1H3/t5-/m1/s1. The number of hydrogen-bond acceptors (Lipinski definition) is 2. The molecule has 0 unspecified atom stereocenters. The van der Waals surface area contributed by atoms with Crippen LogP contribution in [0.1, 0.15) is 13.3 Å². The van der Waals surface area contributed by atoms with Gasteiger partial charge in [0.05, 0.1) is 0 Å². The van der Waals surface area contributed by atoms with Crippen LogP contribution >= 0.6 is 0 Å². The summed E-state index contributed by atoms with van der Waals surface area (Å²) in [7, 11) is 0. The fourth-order valence-corrected chi connectivity index (χ4v) is 1.10. The molecular weight excluding hydrogens is 116 g/mol. The number of rotatable bonds is 2. The zero-order valence-electron chi connectivity index (χ0n) is 5.63. The Morgan fingerprint density at radius 2 is 2.56 bits per heavy atom. The molecule has 1 aliphatic heterocycles. The smallest absolute Gasteiger partial charge is 0.224 e. The van der Waals surface area contributed by atoms with Crippen LogP contribution in [0, 0.1) is 0 Å². The van der Waals surface area contributed by atoms with Crippen molar-refractivity contribution in [3.63, 3.8) is 0 Å². The van der Waals surface area contributed by atoms with Crippen LogP contribution in [0.5, 0.6) is 0 Å². The fourth-order valence-electron chi connectivity index (χ4n) is 1.10. The third kappa shape index (κ3) is 1.05. The lowest BCUT2D eigenvalue weighted by Gasteiger charge is -2.37. The average Bonchev–Trinajstić information content (AvgIpc) is 1.84. The molecule has 3 nitrogen and oxygen atoms in total. The SMILES string of the molecule is C[C@@H]1CC(=O)N1CCN. The molecule has 0 aromatic rings. The number of amides is 1. The summed E-state index contributed by atoms with van der Waals surface area (Å²) in [4.78, 5) is 12.5. The third-order valence-electron chi connectivity index (χ3n) is 1.69. The molecule has 0 bridgehead atoms. The summed E-state index contributed by atoms with van der Waals surface area (Å²) < 4.78 is 0. The number of nitrogens with two attached hydrogens (primary N) is 1. The molecule has 1 atom stereocenters. The number of nitrogens with zero attached hydrogens (tertiary/aromatic N) is 1. The molecule has 0 aromatic carbocycles. The fraction of sp³-hybridized carbons (Fsp3) is 0.833. The van der Waals surface area contributed by atoms with Gasteiger partial charge in [-0.2, -0.15) is 0 Å². The van der Waals surface area contributed by atoms with E-state index in [1.54, 1.807) is 4.90 Å². The van der Waals surface area contributed by atoms with Crippen molar-refractivity contribution in [2.45, 2.75) is 19.4 Å². The van der Waals surface area contributed by atoms with Gasteiger partial charge in [-0.25, -0.2) is 0 Å². The Bertz CT molecular complexity index is 124. The van der Waals surface area contributed by atoms with Crippen LogP contribution in [-0.4, -0.2) is 29.9 Å². The monoisotopic (exact) mass is 128 g/mol. The van der Waals surface area contributed by atoms with Gasteiger partial charge in [-0.1, -0.05) is 0 Å². The van der Waals surface area contributed by atoms with E-state index in [4.69, 9.17) is 5.73 Å². The molecule has 0 radical (unpaired) electrons. The van der Waals surface area contributed by atoms with Crippen molar-refractivity contribution in [3.8, 4) is 0 Å². The van der Waals surface area contributed by atoms with Gasteiger partial charge in [0.25, 0.3) is 0 Å². The van der Waals surface area contributed by atoms with E-state index in [0.717, 1.165) is 6.54 Å². The van der Waals surface area contributed by atoms with Crippen molar-refractivity contribution in [1.29, 1.82) is 0 Å². The van der Waals surface area contributed by atoms with E-state index in [2.05, 4.69) is 0 Å². The van der Waals surface area contributed by atoms with Crippen LogP contribution in [-0.2, 0) is 4.79 Å². The first-order valence-corrected chi connectivity index (χ1v) is 3.25. The first-order chi connectivity index (χ1) is 4.25. The molecule has 0 saturated carbocycles. The van der Waals surface area contributed by atoms with E-state index < -0.39 is 0 Å². The summed E-state index contributed by atoms with van der Waals surface area (Å²) in [6.45, 7) is 3.34. The van der Waals surface area contributed by atoms with Gasteiger partial charge in [0.1, 0.15) is 0 Å². The first kappa shape index (κ1) is 6.55. The highest BCUT2D eigenvalue weighted by atomic mass is 16.2. The zero-order valence-corrected chi connectivity index (χ0v) is 5.63. The lowest BCUT2D eigenvalue weighted by molar-refractivity contribution is -0.144. The van der Waals surface area contributed by atoms with Crippen molar-refractivity contribution >= 4 is 5.91 Å². The van der Waals surface area contributed by atoms with E-state index in [9.17, 15) is 4.79 Å². The van der Waals surface area contributed by atoms with E-state index >= 15 is 0 Å². The zero-order chi connectivity index (χ0) is 6.85. The quantitative estimate of drug-likeness (QED) is 0.513. The molecule has 1 fully saturated rings. The minimum Gasteiger partial charge on any atom is -0.338 e. The summed E-state index contributed by atoms with van der Waals surface area (Å²) in [5.41, 5.74) is 5.27. The highest BCUT2D eigenvalue weighted by Gasteiger charge is 2.30.